The van der Waals surface area contributed by atoms with Gasteiger partial charge in [0.15, 0.2) is 0 Å². The van der Waals surface area contributed by atoms with Gasteiger partial charge in [0.2, 0.25) is 0 Å². The van der Waals surface area contributed by atoms with Gasteiger partial charge in [-0.25, -0.2) is 4.79 Å². The highest BCUT2D eigenvalue weighted by molar-refractivity contribution is 5.86. The van der Waals surface area contributed by atoms with Crippen LogP contribution in [0.15, 0.2) is 57.7 Å². The largest absolute Gasteiger partial charge is 0.422 e. The summed E-state index contributed by atoms with van der Waals surface area (Å²) in [7, 11) is 0. The van der Waals surface area contributed by atoms with Crippen molar-refractivity contribution < 1.29 is 9.34 Å². The number of unbranched alkanes of at least 4 members (excludes halogenated alkanes) is 1. The Bertz CT molecular complexity index is 1120. The van der Waals surface area contributed by atoms with E-state index in [-0.39, 0.29) is 10.6 Å². The van der Waals surface area contributed by atoms with E-state index in [1.165, 1.54) is 17.8 Å². The zero-order valence-electron chi connectivity index (χ0n) is 17.8. The average Bonchev–Trinajstić information content (AvgIpc) is 2.79. The van der Waals surface area contributed by atoms with Crippen molar-refractivity contribution in [2.45, 2.75) is 26.2 Å². The molecule has 0 atom stereocenters. The minimum absolute atomic E-state index is 0.107. The second-order valence-electron chi connectivity index (χ2n) is 8.07. The summed E-state index contributed by atoms with van der Waals surface area (Å²) in [4.78, 5) is 27.7. The van der Waals surface area contributed by atoms with E-state index in [2.05, 4.69) is 34.1 Å². The van der Waals surface area contributed by atoms with Gasteiger partial charge in [-0.1, -0.05) is 18.2 Å². The van der Waals surface area contributed by atoms with Gasteiger partial charge < -0.3 is 9.32 Å². The topological polar surface area (TPSA) is 79.8 Å². The number of aryl methyl sites for hydroxylation is 2. The maximum absolute atomic E-state index is 11.6. The van der Waals surface area contributed by atoms with Gasteiger partial charge in [0.05, 0.1) is 4.92 Å². The fourth-order valence-corrected chi connectivity index (χ4v) is 4.37. The number of nitro groups is 1. The molecule has 0 aliphatic carbocycles. The van der Waals surface area contributed by atoms with Crippen molar-refractivity contribution in [2.24, 2.45) is 0 Å². The van der Waals surface area contributed by atoms with Crippen LogP contribution in [0.3, 0.4) is 0 Å². The lowest BCUT2D eigenvalue weighted by atomic mass is 9.98. The third-order valence-electron chi connectivity index (χ3n) is 6.02. The average molecular weight is 421 g/mol. The predicted molar refractivity (Wildman–Crippen MR) is 122 cm³/mol. The van der Waals surface area contributed by atoms with Crippen LogP contribution in [0.1, 0.15) is 24.0 Å². The van der Waals surface area contributed by atoms with Gasteiger partial charge in [-0.05, 0) is 56.5 Å². The highest BCUT2D eigenvalue weighted by Crippen LogP contribution is 2.31. The van der Waals surface area contributed by atoms with E-state index in [9.17, 15) is 14.9 Å². The van der Waals surface area contributed by atoms with Crippen molar-refractivity contribution in [3.63, 3.8) is 0 Å². The Labute approximate surface area is 181 Å². The summed E-state index contributed by atoms with van der Waals surface area (Å²) in [6, 6.07) is 15.0. The van der Waals surface area contributed by atoms with Crippen LogP contribution in [0.5, 0.6) is 0 Å². The minimum atomic E-state index is -0.440. The smallest absolute Gasteiger partial charge is 0.336 e. The van der Waals surface area contributed by atoms with Gasteiger partial charge in [0, 0.05) is 54.9 Å². The molecule has 0 spiro atoms. The molecule has 0 amide bonds. The molecule has 0 saturated carbocycles. The summed E-state index contributed by atoms with van der Waals surface area (Å²) in [6.45, 7) is 6.78. The molecule has 31 heavy (non-hydrogen) atoms. The number of nitro benzene ring substituents is 1. The van der Waals surface area contributed by atoms with Crippen LogP contribution in [-0.4, -0.2) is 42.5 Å². The first-order chi connectivity index (χ1) is 15.0. The van der Waals surface area contributed by atoms with Crippen LogP contribution in [0.2, 0.25) is 0 Å². The third-order valence-corrected chi connectivity index (χ3v) is 6.02. The Morgan fingerprint density at radius 2 is 1.77 bits per heavy atom. The van der Waals surface area contributed by atoms with Crippen molar-refractivity contribution in [1.29, 1.82) is 0 Å². The summed E-state index contributed by atoms with van der Waals surface area (Å²) >= 11 is 0. The Hall–Kier alpha value is -3.19. The Morgan fingerprint density at radius 3 is 2.48 bits per heavy atom. The van der Waals surface area contributed by atoms with Crippen molar-refractivity contribution in [2.75, 3.05) is 37.6 Å². The second-order valence-corrected chi connectivity index (χ2v) is 8.07. The zero-order chi connectivity index (χ0) is 21.8. The number of fused-ring (bicyclic) bond motifs is 1. The number of hydrogen-bond donors (Lipinski definition) is 0. The second kappa shape index (κ2) is 9.31. The Balaban J connectivity index is 1.36. The van der Waals surface area contributed by atoms with Gasteiger partial charge in [-0.2, -0.15) is 0 Å². The molecule has 0 unspecified atom stereocenters. The molecule has 1 aliphatic rings. The molecular weight excluding hydrogens is 394 g/mol. The standard InChI is InChI=1S/C24H27N3O4/c1-18-17-22(27(29)30)20(21-10-11-23(28)31-24(18)21)9-5-6-12-25-13-15-26(16-14-25)19-7-3-2-4-8-19/h2-4,7-8,10-11,17H,5-6,9,12-16H2,1H3. The first kappa shape index (κ1) is 21.1. The van der Waals surface area contributed by atoms with E-state index >= 15 is 0 Å². The van der Waals surface area contributed by atoms with Gasteiger partial charge >= 0.3 is 5.63 Å². The van der Waals surface area contributed by atoms with Crippen molar-refractivity contribution in [1.82, 2.24) is 4.90 Å². The SMILES string of the molecule is Cc1cc([N+](=O)[O-])c(CCCCN2CCN(c3ccccc3)CC2)c2ccc(=O)oc12. The molecule has 1 aromatic heterocycles. The Morgan fingerprint density at radius 1 is 1.03 bits per heavy atom. The first-order valence-electron chi connectivity index (χ1n) is 10.8. The van der Waals surface area contributed by atoms with E-state index < -0.39 is 5.63 Å². The van der Waals surface area contributed by atoms with E-state index in [0.29, 0.717) is 28.5 Å². The molecule has 7 heteroatoms. The number of rotatable bonds is 7. The van der Waals surface area contributed by atoms with Crippen molar-refractivity contribution >= 4 is 22.3 Å². The van der Waals surface area contributed by atoms with E-state index in [4.69, 9.17) is 4.42 Å². The highest BCUT2D eigenvalue weighted by atomic mass is 16.6. The number of nitrogens with zero attached hydrogens (tertiary/aromatic N) is 3. The minimum Gasteiger partial charge on any atom is -0.422 e. The van der Waals surface area contributed by atoms with Gasteiger partial charge in [-0.3, -0.25) is 15.0 Å². The molecule has 1 saturated heterocycles. The zero-order valence-corrected chi connectivity index (χ0v) is 17.8. The van der Waals surface area contributed by atoms with Crippen molar-refractivity contribution in [3.05, 3.63) is 80.2 Å². The van der Waals surface area contributed by atoms with Crippen LogP contribution < -0.4 is 10.5 Å². The quantitative estimate of drug-likeness (QED) is 0.247. The predicted octanol–water partition coefficient (Wildman–Crippen LogP) is 4.15. The number of benzene rings is 2. The number of piperazine rings is 1. The summed E-state index contributed by atoms with van der Waals surface area (Å²) in [5.41, 5.74) is 2.65. The lowest BCUT2D eigenvalue weighted by Gasteiger charge is -2.36. The third kappa shape index (κ3) is 4.77. The van der Waals surface area contributed by atoms with Crippen LogP contribution in [-0.2, 0) is 6.42 Å². The lowest BCUT2D eigenvalue weighted by Crippen LogP contribution is -2.46. The summed E-state index contributed by atoms with van der Waals surface area (Å²) in [6.07, 6.45) is 2.40. The first-order valence-corrected chi connectivity index (χ1v) is 10.8. The molecule has 1 aliphatic heterocycles. The molecule has 162 valence electrons. The molecule has 2 aromatic carbocycles. The molecule has 7 nitrogen and oxygen atoms in total. The molecule has 0 N–H and O–H groups in total. The fraction of sp³-hybridized carbons (Fsp3) is 0.375. The molecular formula is C24H27N3O4. The van der Waals surface area contributed by atoms with Gasteiger partial charge in [0.1, 0.15) is 5.58 Å². The van der Waals surface area contributed by atoms with Gasteiger partial charge in [-0.15, -0.1) is 0 Å². The number of anilines is 1. The highest BCUT2D eigenvalue weighted by Gasteiger charge is 2.21. The van der Waals surface area contributed by atoms with E-state index in [1.807, 2.05) is 6.07 Å². The molecule has 3 aromatic rings. The van der Waals surface area contributed by atoms with Crippen LogP contribution in [0.4, 0.5) is 11.4 Å². The maximum Gasteiger partial charge on any atom is 0.336 e. The van der Waals surface area contributed by atoms with Crippen LogP contribution in [0, 0.1) is 17.0 Å². The molecule has 0 bridgehead atoms. The monoisotopic (exact) mass is 421 g/mol. The normalized spacial score (nSPS) is 14.8. The van der Waals surface area contributed by atoms with E-state index in [0.717, 1.165) is 45.6 Å². The number of hydrogen-bond acceptors (Lipinski definition) is 6. The molecule has 4 rings (SSSR count). The van der Waals surface area contributed by atoms with Crippen LogP contribution >= 0.6 is 0 Å². The van der Waals surface area contributed by atoms with E-state index in [1.54, 1.807) is 13.0 Å². The van der Waals surface area contributed by atoms with Gasteiger partial charge in [0.25, 0.3) is 5.69 Å². The lowest BCUT2D eigenvalue weighted by molar-refractivity contribution is -0.385. The Kier molecular flexibility index (Phi) is 6.32. The molecule has 1 fully saturated rings. The number of para-hydroxylation sites is 1. The van der Waals surface area contributed by atoms with Crippen molar-refractivity contribution in [3.8, 4) is 0 Å². The summed E-state index contributed by atoms with van der Waals surface area (Å²) in [5.74, 6) is 0. The van der Waals surface area contributed by atoms with Crippen LogP contribution in [0.25, 0.3) is 11.0 Å². The molecule has 0 radical (unpaired) electrons. The summed E-state index contributed by atoms with van der Waals surface area (Å²) in [5, 5.41) is 12.3. The fourth-order valence-electron chi connectivity index (χ4n) is 4.37. The maximum atomic E-state index is 11.6. The molecule has 2 heterocycles. The summed E-state index contributed by atoms with van der Waals surface area (Å²) < 4.78 is 5.32.